The first-order valence-electron chi connectivity index (χ1n) is 10.6. The highest BCUT2D eigenvalue weighted by atomic mass is 32.2. The number of hydrogen-bond acceptors (Lipinski definition) is 7. The van der Waals surface area contributed by atoms with Gasteiger partial charge in [-0.05, 0) is 12.1 Å². The molecule has 5 rings (SSSR count). The van der Waals surface area contributed by atoms with Gasteiger partial charge in [0.05, 0.1) is 47.8 Å². The van der Waals surface area contributed by atoms with Crippen molar-refractivity contribution in [1.82, 2.24) is 0 Å². The van der Waals surface area contributed by atoms with Gasteiger partial charge < -0.3 is 24.1 Å². The van der Waals surface area contributed by atoms with Gasteiger partial charge in [-0.2, -0.15) is 0 Å². The molecular weight excluding hydrogens is 420 g/mol. The number of fused-ring (bicyclic) bond motifs is 2. The van der Waals surface area contributed by atoms with Crippen LogP contribution in [0.15, 0.2) is 65.6 Å². The van der Waals surface area contributed by atoms with Crippen LogP contribution in [0.25, 0.3) is 0 Å². The van der Waals surface area contributed by atoms with Gasteiger partial charge in [-0.3, -0.25) is 0 Å². The van der Waals surface area contributed by atoms with Crippen molar-refractivity contribution in [2.45, 2.75) is 60.7 Å². The molecule has 1 N–H and O–H groups in total. The quantitative estimate of drug-likeness (QED) is 0.770. The Kier molecular flexibility index (Phi) is 5.85. The molecule has 0 unspecified atom stereocenters. The van der Waals surface area contributed by atoms with Gasteiger partial charge in [-0.25, -0.2) is 8.42 Å². The predicted molar refractivity (Wildman–Crippen MR) is 111 cm³/mol. The van der Waals surface area contributed by atoms with E-state index in [4.69, 9.17) is 18.9 Å². The van der Waals surface area contributed by atoms with Crippen LogP contribution in [0.4, 0.5) is 0 Å². The molecule has 0 radical (unpaired) electrons. The summed E-state index contributed by atoms with van der Waals surface area (Å²) in [5.41, 5.74) is 0.940. The molecule has 7 nitrogen and oxygen atoms in total. The van der Waals surface area contributed by atoms with Crippen molar-refractivity contribution in [2.75, 3.05) is 12.4 Å². The van der Waals surface area contributed by atoms with Crippen LogP contribution in [0, 0.1) is 0 Å². The monoisotopic (exact) mass is 446 g/mol. The Morgan fingerprint density at radius 1 is 0.806 bits per heavy atom. The Hall–Kier alpha value is -1.81. The first-order chi connectivity index (χ1) is 15.0. The van der Waals surface area contributed by atoms with Gasteiger partial charge in [-0.15, -0.1) is 0 Å². The third-order valence-electron chi connectivity index (χ3n) is 6.16. The van der Waals surface area contributed by atoms with E-state index >= 15 is 0 Å². The average Bonchev–Trinajstić information content (AvgIpc) is 2.79. The van der Waals surface area contributed by atoms with Crippen LogP contribution in [0.5, 0.6) is 0 Å². The maximum absolute atomic E-state index is 12.8. The van der Waals surface area contributed by atoms with Crippen LogP contribution in [-0.2, 0) is 28.8 Å². The van der Waals surface area contributed by atoms with Crippen LogP contribution in [0.1, 0.15) is 24.7 Å². The van der Waals surface area contributed by atoms with Crippen LogP contribution < -0.4 is 0 Å². The Morgan fingerprint density at radius 2 is 1.45 bits per heavy atom. The summed E-state index contributed by atoms with van der Waals surface area (Å²) in [6.07, 6.45) is -2.41. The molecule has 7 atom stereocenters. The second kappa shape index (κ2) is 8.61. The lowest BCUT2D eigenvalue weighted by atomic mass is 9.90. The number of rotatable bonds is 4. The third-order valence-corrected chi connectivity index (χ3v) is 7.92. The minimum absolute atomic E-state index is 0.221. The van der Waals surface area contributed by atoms with E-state index in [9.17, 15) is 13.5 Å². The zero-order valence-corrected chi connectivity index (χ0v) is 17.8. The van der Waals surface area contributed by atoms with E-state index in [0.717, 1.165) is 5.56 Å². The lowest BCUT2D eigenvalue weighted by Gasteiger charge is -2.49. The lowest BCUT2D eigenvalue weighted by molar-refractivity contribution is -0.320. The second-order valence-corrected chi connectivity index (χ2v) is 10.3. The number of sulfone groups is 1. The van der Waals surface area contributed by atoms with Crippen molar-refractivity contribution in [3.8, 4) is 0 Å². The Labute approximate surface area is 181 Å². The van der Waals surface area contributed by atoms with Gasteiger partial charge in [0.15, 0.2) is 16.1 Å². The minimum atomic E-state index is -3.58. The van der Waals surface area contributed by atoms with Gasteiger partial charge in [0.2, 0.25) is 0 Å². The molecule has 3 fully saturated rings. The topological polar surface area (TPSA) is 91.3 Å². The normalized spacial score (nSPS) is 35.7. The number of ether oxygens (including phenoxy) is 4. The molecule has 3 heterocycles. The molecule has 0 aromatic heterocycles. The summed E-state index contributed by atoms with van der Waals surface area (Å²) in [6, 6.07) is 18.0. The van der Waals surface area contributed by atoms with Crippen LogP contribution in [0.3, 0.4) is 0 Å². The molecule has 0 aliphatic carbocycles. The Balaban J connectivity index is 1.26. The number of aliphatic hydroxyl groups is 1. The van der Waals surface area contributed by atoms with Crippen molar-refractivity contribution < 1.29 is 32.5 Å². The maximum atomic E-state index is 12.8. The van der Waals surface area contributed by atoms with Gasteiger partial charge in [0, 0.05) is 18.4 Å². The highest BCUT2D eigenvalue weighted by molar-refractivity contribution is 7.91. The smallest absolute Gasteiger partial charge is 0.184 e. The van der Waals surface area contributed by atoms with Crippen LogP contribution in [0.2, 0.25) is 0 Å². The van der Waals surface area contributed by atoms with E-state index in [0.29, 0.717) is 19.4 Å². The van der Waals surface area contributed by atoms with Crippen molar-refractivity contribution in [3.63, 3.8) is 0 Å². The van der Waals surface area contributed by atoms with Crippen molar-refractivity contribution in [2.24, 2.45) is 0 Å². The van der Waals surface area contributed by atoms with Crippen LogP contribution >= 0.6 is 0 Å². The maximum Gasteiger partial charge on any atom is 0.184 e. The zero-order valence-electron chi connectivity index (χ0n) is 16.9. The molecule has 166 valence electrons. The number of aliphatic hydroxyl groups excluding tert-OH is 1. The molecule has 0 spiro atoms. The second-order valence-electron chi connectivity index (χ2n) is 8.31. The summed E-state index contributed by atoms with van der Waals surface area (Å²) in [5.74, 6) is -0.272. The standard InChI is InChI=1S/C23H26O7S/c24-17-11-18-19(29-22(17)14-31(25,26)16-9-5-2-6-10-16)12-20-21(28-18)13-27-23(30-20)15-7-3-1-4-8-15/h1-10,17-24H,11-14H2/t17-,18-,19+,20-,21+,22-,23+/m0/s1. The fourth-order valence-electron chi connectivity index (χ4n) is 4.53. The average molecular weight is 447 g/mol. The number of hydrogen-bond donors (Lipinski definition) is 1. The van der Waals surface area contributed by atoms with E-state index in [1.807, 2.05) is 30.3 Å². The molecule has 2 aromatic carbocycles. The van der Waals surface area contributed by atoms with E-state index in [1.54, 1.807) is 30.3 Å². The zero-order chi connectivity index (χ0) is 21.4. The van der Waals surface area contributed by atoms with Crippen molar-refractivity contribution in [3.05, 3.63) is 66.2 Å². The molecule has 2 aromatic rings. The third kappa shape index (κ3) is 4.41. The van der Waals surface area contributed by atoms with Gasteiger partial charge >= 0.3 is 0 Å². The summed E-state index contributed by atoms with van der Waals surface area (Å²) in [7, 11) is -3.58. The van der Waals surface area contributed by atoms with Gasteiger partial charge in [0.25, 0.3) is 0 Å². The van der Waals surface area contributed by atoms with Gasteiger partial charge in [-0.1, -0.05) is 48.5 Å². The molecule has 31 heavy (non-hydrogen) atoms. The highest BCUT2D eigenvalue weighted by Crippen LogP contribution is 2.38. The lowest BCUT2D eigenvalue weighted by Crippen LogP contribution is -2.59. The van der Waals surface area contributed by atoms with Gasteiger partial charge in [0.1, 0.15) is 6.10 Å². The highest BCUT2D eigenvalue weighted by Gasteiger charge is 2.48. The molecule has 3 aliphatic heterocycles. The number of benzene rings is 2. The minimum Gasteiger partial charge on any atom is -0.390 e. The molecular formula is C23H26O7S. The van der Waals surface area contributed by atoms with Crippen molar-refractivity contribution in [1.29, 1.82) is 0 Å². The summed E-state index contributed by atoms with van der Waals surface area (Å²) >= 11 is 0. The van der Waals surface area contributed by atoms with E-state index < -0.39 is 28.3 Å². The Morgan fingerprint density at radius 3 is 2.19 bits per heavy atom. The largest absolute Gasteiger partial charge is 0.390 e. The first-order valence-corrected chi connectivity index (χ1v) is 12.2. The Bertz CT molecular complexity index is 981. The molecule has 3 saturated heterocycles. The molecule has 8 heteroatoms. The summed E-state index contributed by atoms with van der Waals surface area (Å²) in [4.78, 5) is 0.228. The molecule has 3 aliphatic rings. The summed E-state index contributed by atoms with van der Waals surface area (Å²) in [6.45, 7) is 0.398. The fourth-order valence-corrected chi connectivity index (χ4v) is 6.03. The fraction of sp³-hybridized carbons (Fsp3) is 0.478. The summed E-state index contributed by atoms with van der Waals surface area (Å²) < 4.78 is 49.7. The molecule has 0 saturated carbocycles. The van der Waals surface area contributed by atoms with E-state index in [2.05, 4.69) is 0 Å². The summed E-state index contributed by atoms with van der Waals surface area (Å²) in [5, 5.41) is 10.6. The molecule has 0 bridgehead atoms. The van der Waals surface area contributed by atoms with E-state index in [-0.39, 0.29) is 35.1 Å². The van der Waals surface area contributed by atoms with Crippen molar-refractivity contribution >= 4 is 9.84 Å². The molecule has 0 amide bonds. The predicted octanol–water partition coefficient (Wildman–Crippen LogP) is 2.25. The van der Waals surface area contributed by atoms with Crippen LogP contribution in [-0.4, -0.2) is 62.5 Å². The van der Waals surface area contributed by atoms with E-state index in [1.165, 1.54) is 0 Å². The first kappa shape index (κ1) is 21.1. The SMILES string of the molecule is O=S(=O)(C[C@@H]1O[C@@H]2C[C@@H]3O[C@H](c4ccccc4)OC[C@H]3O[C@H]2C[C@@H]1O)c1ccccc1.